The first-order valence-corrected chi connectivity index (χ1v) is 11.5. The van der Waals surface area contributed by atoms with Crippen LogP contribution in [0, 0.1) is 0 Å². The van der Waals surface area contributed by atoms with Gasteiger partial charge in [-0.05, 0) is 55.9 Å². The molecule has 1 aliphatic heterocycles. The van der Waals surface area contributed by atoms with Crippen molar-refractivity contribution in [1.82, 2.24) is 9.62 Å². The molecular weight excluding hydrogens is 388 g/mol. The van der Waals surface area contributed by atoms with Crippen LogP contribution in [0.3, 0.4) is 0 Å². The van der Waals surface area contributed by atoms with Gasteiger partial charge in [-0.25, -0.2) is 13.1 Å². The number of likely N-dealkylation sites (tertiary alicyclic amines) is 1. The van der Waals surface area contributed by atoms with Crippen molar-refractivity contribution in [1.29, 1.82) is 0 Å². The zero-order valence-electron chi connectivity index (χ0n) is 16.8. The maximum atomic E-state index is 12.9. The number of carbonyl (C=O) groups is 1. The summed E-state index contributed by atoms with van der Waals surface area (Å²) in [6.45, 7) is 1.71. The summed E-state index contributed by atoms with van der Waals surface area (Å²) >= 11 is 0. The lowest BCUT2D eigenvalue weighted by Gasteiger charge is -2.27. The fourth-order valence-corrected chi connectivity index (χ4v) is 4.62. The summed E-state index contributed by atoms with van der Waals surface area (Å²) in [7, 11) is -2.22. The number of carbonyl (C=O) groups excluding carboxylic acids is 1. The van der Waals surface area contributed by atoms with Crippen LogP contribution in [-0.4, -0.2) is 46.0 Å². The molecule has 0 saturated carbocycles. The molecule has 1 saturated heterocycles. The number of hydrogen-bond donors (Lipinski definition) is 1. The highest BCUT2D eigenvalue weighted by atomic mass is 32.2. The van der Waals surface area contributed by atoms with E-state index in [4.69, 9.17) is 4.74 Å². The first kappa shape index (κ1) is 21.3. The quantitative estimate of drug-likeness (QED) is 0.671. The molecule has 3 rings (SSSR count). The number of piperidine rings is 1. The molecule has 0 unspecified atom stereocenters. The molecule has 156 valence electrons. The molecule has 1 fully saturated rings. The van der Waals surface area contributed by atoms with E-state index in [1.165, 1.54) is 24.8 Å². The molecule has 1 heterocycles. The van der Waals surface area contributed by atoms with Crippen molar-refractivity contribution in [3.05, 3.63) is 59.7 Å². The Morgan fingerprint density at radius 2 is 1.79 bits per heavy atom. The third-order valence-electron chi connectivity index (χ3n) is 5.13. The molecule has 2 aromatic rings. The standard InChI is InChI=1S/C22H28N2O4S/c1-28-21-13-12-19(17-20(21)22(25)24-15-6-3-7-16-24)29(26,27)23-14-8-11-18-9-4-2-5-10-18/h2,4-5,9-10,12-13,17,23H,3,6-8,11,14-16H2,1H3. The van der Waals surface area contributed by atoms with E-state index < -0.39 is 10.0 Å². The maximum absolute atomic E-state index is 12.9. The number of methoxy groups -OCH3 is 1. The molecule has 0 aromatic heterocycles. The van der Waals surface area contributed by atoms with Crippen LogP contribution in [0.15, 0.2) is 53.4 Å². The van der Waals surface area contributed by atoms with E-state index in [9.17, 15) is 13.2 Å². The molecule has 2 aromatic carbocycles. The monoisotopic (exact) mass is 416 g/mol. The Balaban J connectivity index is 1.69. The zero-order valence-corrected chi connectivity index (χ0v) is 17.6. The number of hydrogen-bond acceptors (Lipinski definition) is 4. The summed E-state index contributed by atoms with van der Waals surface area (Å²) in [6.07, 6.45) is 4.54. The number of aryl methyl sites for hydroxylation is 1. The molecule has 0 spiro atoms. The Morgan fingerprint density at radius 1 is 1.07 bits per heavy atom. The molecule has 0 aliphatic carbocycles. The van der Waals surface area contributed by atoms with Crippen LogP contribution in [0.2, 0.25) is 0 Å². The van der Waals surface area contributed by atoms with Gasteiger partial charge in [-0.3, -0.25) is 4.79 Å². The number of benzene rings is 2. The van der Waals surface area contributed by atoms with E-state index in [0.29, 0.717) is 37.4 Å². The SMILES string of the molecule is COc1ccc(S(=O)(=O)NCCCc2ccccc2)cc1C(=O)N1CCCCC1. The van der Waals surface area contributed by atoms with Gasteiger partial charge in [-0.15, -0.1) is 0 Å². The second-order valence-corrected chi connectivity index (χ2v) is 8.97. The number of nitrogens with one attached hydrogen (secondary N) is 1. The van der Waals surface area contributed by atoms with Gasteiger partial charge in [0.25, 0.3) is 5.91 Å². The van der Waals surface area contributed by atoms with Gasteiger partial charge in [-0.1, -0.05) is 30.3 Å². The average Bonchev–Trinajstić information content (AvgIpc) is 2.77. The van der Waals surface area contributed by atoms with Crippen LogP contribution in [0.25, 0.3) is 0 Å². The molecule has 0 bridgehead atoms. The third-order valence-corrected chi connectivity index (χ3v) is 6.59. The highest BCUT2D eigenvalue weighted by Gasteiger charge is 2.24. The van der Waals surface area contributed by atoms with Crippen LogP contribution < -0.4 is 9.46 Å². The number of rotatable bonds is 8. The molecule has 1 aliphatic rings. The van der Waals surface area contributed by atoms with Gasteiger partial charge in [0.1, 0.15) is 5.75 Å². The predicted molar refractivity (Wildman–Crippen MR) is 113 cm³/mol. The van der Waals surface area contributed by atoms with Crippen molar-refractivity contribution in [2.24, 2.45) is 0 Å². The Labute approximate surface area is 172 Å². The van der Waals surface area contributed by atoms with Gasteiger partial charge in [-0.2, -0.15) is 0 Å². The molecule has 29 heavy (non-hydrogen) atoms. The van der Waals surface area contributed by atoms with Crippen molar-refractivity contribution >= 4 is 15.9 Å². The lowest BCUT2D eigenvalue weighted by Crippen LogP contribution is -2.36. The fraction of sp³-hybridized carbons (Fsp3) is 0.409. The van der Waals surface area contributed by atoms with Crippen LogP contribution in [0.4, 0.5) is 0 Å². The van der Waals surface area contributed by atoms with Crippen LogP contribution in [0.5, 0.6) is 5.75 Å². The van der Waals surface area contributed by atoms with Gasteiger partial charge in [0.2, 0.25) is 10.0 Å². The summed E-state index contributed by atoms with van der Waals surface area (Å²) in [5, 5.41) is 0. The van der Waals surface area contributed by atoms with Crippen molar-refractivity contribution < 1.29 is 17.9 Å². The topological polar surface area (TPSA) is 75.7 Å². The van der Waals surface area contributed by atoms with E-state index >= 15 is 0 Å². The second kappa shape index (κ2) is 9.89. The summed E-state index contributed by atoms with van der Waals surface area (Å²) in [5.74, 6) is 0.214. The van der Waals surface area contributed by atoms with E-state index in [1.807, 2.05) is 30.3 Å². The summed E-state index contributed by atoms with van der Waals surface area (Å²) < 4.78 is 33.4. The Hall–Kier alpha value is -2.38. The largest absolute Gasteiger partial charge is 0.496 e. The number of amides is 1. The number of nitrogens with zero attached hydrogens (tertiary/aromatic N) is 1. The Kier molecular flexibility index (Phi) is 7.28. The number of sulfonamides is 1. The predicted octanol–water partition coefficient (Wildman–Crippen LogP) is 3.23. The molecule has 0 radical (unpaired) electrons. The van der Waals surface area contributed by atoms with Crippen LogP contribution >= 0.6 is 0 Å². The first-order valence-electron chi connectivity index (χ1n) is 10.0. The van der Waals surface area contributed by atoms with E-state index in [0.717, 1.165) is 25.7 Å². The van der Waals surface area contributed by atoms with Gasteiger partial charge < -0.3 is 9.64 Å². The van der Waals surface area contributed by atoms with Crippen LogP contribution in [0.1, 0.15) is 41.6 Å². The van der Waals surface area contributed by atoms with Crippen molar-refractivity contribution in [2.75, 3.05) is 26.7 Å². The molecule has 0 atom stereocenters. The van der Waals surface area contributed by atoms with Crippen molar-refractivity contribution in [2.45, 2.75) is 37.0 Å². The summed E-state index contributed by atoms with van der Waals surface area (Å²) in [4.78, 5) is 14.8. The molecule has 7 heteroatoms. The molecular formula is C22H28N2O4S. The third kappa shape index (κ3) is 5.58. The smallest absolute Gasteiger partial charge is 0.257 e. The van der Waals surface area contributed by atoms with E-state index in [2.05, 4.69) is 4.72 Å². The zero-order chi connectivity index (χ0) is 20.7. The summed E-state index contributed by atoms with van der Waals surface area (Å²) in [6, 6.07) is 14.4. The van der Waals surface area contributed by atoms with Crippen molar-refractivity contribution in [3.63, 3.8) is 0 Å². The lowest BCUT2D eigenvalue weighted by atomic mass is 10.1. The minimum atomic E-state index is -3.70. The molecule has 6 nitrogen and oxygen atoms in total. The van der Waals surface area contributed by atoms with Crippen molar-refractivity contribution in [3.8, 4) is 5.75 Å². The van der Waals surface area contributed by atoms with Gasteiger partial charge in [0, 0.05) is 19.6 Å². The van der Waals surface area contributed by atoms with E-state index in [1.54, 1.807) is 11.0 Å². The fourth-order valence-electron chi connectivity index (χ4n) is 3.52. The molecule has 1 amide bonds. The van der Waals surface area contributed by atoms with Gasteiger partial charge in [0.15, 0.2) is 0 Å². The van der Waals surface area contributed by atoms with Gasteiger partial charge >= 0.3 is 0 Å². The minimum absolute atomic E-state index is 0.0818. The maximum Gasteiger partial charge on any atom is 0.257 e. The van der Waals surface area contributed by atoms with Gasteiger partial charge in [0.05, 0.1) is 17.6 Å². The average molecular weight is 417 g/mol. The highest BCUT2D eigenvalue weighted by Crippen LogP contribution is 2.25. The second-order valence-electron chi connectivity index (χ2n) is 7.20. The highest BCUT2D eigenvalue weighted by molar-refractivity contribution is 7.89. The number of ether oxygens (including phenoxy) is 1. The minimum Gasteiger partial charge on any atom is -0.496 e. The first-order chi connectivity index (χ1) is 14.0. The normalized spacial score (nSPS) is 14.6. The molecule has 1 N–H and O–H groups in total. The van der Waals surface area contributed by atoms with E-state index in [-0.39, 0.29) is 10.8 Å². The lowest BCUT2D eigenvalue weighted by molar-refractivity contribution is 0.0720. The van der Waals surface area contributed by atoms with Crippen LogP contribution in [-0.2, 0) is 16.4 Å². The summed E-state index contributed by atoms with van der Waals surface area (Å²) in [5.41, 5.74) is 1.46. The Bertz CT molecular complexity index is 923. The Morgan fingerprint density at radius 3 is 2.48 bits per heavy atom.